The number of nitrogens with zero attached hydrogens (tertiary/aromatic N) is 2. The molecule has 1 aliphatic carbocycles. The summed E-state index contributed by atoms with van der Waals surface area (Å²) in [5.41, 5.74) is 2.63. The van der Waals surface area contributed by atoms with Crippen molar-refractivity contribution in [3.8, 4) is 0 Å². The second-order valence-corrected chi connectivity index (χ2v) is 3.83. The number of rotatable bonds is 3. The van der Waals surface area contributed by atoms with Crippen molar-refractivity contribution in [3.05, 3.63) is 17.0 Å². The molecule has 0 N–H and O–H groups in total. The lowest BCUT2D eigenvalue weighted by Gasteiger charge is -2.01. The van der Waals surface area contributed by atoms with Crippen LogP contribution in [0.4, 0.5) is 0 Å². The average Bonchev–Trinajstić information content (AvgIpc) is 2.83. The molecule has 70 valence electrons. The molecule has 2 rings (SSSR count). The van der Waals surface area contributed by atoms with Gasteiger partial charge in [0.15, 0.2) is 6.29 Å². The lowest BCUT2D eigenvalue weighted by molar-refractivity contribution is 0.112. The quantitative estimate of drug-likeness (QED) is 0.660. The van der Waals surface area contributed by atoms with Crippen molar-refractivity contribution in [2.45, 2.75) is 33.2 Å². The molecule has 1 saturated carbocycles. The topological polar surface area (TPSA) is 34.9 Å². The summed E-state index contributed by atoms with van der Waals surface area (Å²) in [6, 6.07) is 0. The Bertz CT molecular complexity index is 337. The Kier molecular flexibility index (Phi) is 1.94. The number of aromatic nitrogens is 2. The van der Waals surface area contributed by atoms with Crippen molar-refractivity contribution in [2.75, 3.05) is 0 Å². The van der Waals surface area contributed by atoms with E-state index in [1.165, 1.54) is 12.8 Å². The van der Waals surface area contributed by atoms with E-state index >= 15 is 0 Å². The van der Waals surface area contributed by atoms with Crippen LogP contribution in [0, 0.1) is 19.8 Å². The van der Waals surface area contributed by atoms with E-state index < -0.39 is 0 Å². The van der Waals surface area contributed by atoms with Crippen LogP contribution in [0.3, 0.4) is 0 Å². The van der Waals surface area contributed by atoms with Gasteiger partial charge >= 0.3 is 0 Å². The molecular weight excluding hydrogens is 164 g/mol. The summed E-state index contributed by atoms with van der Waals surface area (Å²) >= 11 is 0. The molecule has 0 radical (unpaired) electrons. The Morgan fingerprint density at radius 2 is 2.23 bits per heavy atom. The van der Waals surface area contributed by atoms with Gasteiger partial charge in [-0.1, -0.05) is 0 Å². The molecule has 1 heterocycles. The second-order valence-electron chi connectivity index (χ2n) is 3.83. The number of aldehydes is 1. The third-order valence-electron chi connectivity index (χ3n) is 2.68. The maximum atomic E-state index is 10.7. The van der Waals surface area contributed by atoms with Gasteiger partial charge in [0.05, 0.1) is 11.3 Å². The predicted octanol–water partition coefficient (Wildman–Crippen LogP) is 1.72. The Labute approximate surface area is 77.7 Å². The van der Waals surface area contributed by atoms with Crippen molar-refractivity contribution < 1.29 is 4.79 Å². The van der Waals surface area contributed by atoms with Crippen LogP contribution >= 0.6 is 0 Å². The van der Waals surface area contributed by atoms with Crippen LogP contribution in [-0.2, 0) is 6.54 Å². The largest absolute Gasteiger partial charge is 0.298 e. The first kappa shape index (κ1) is 8.48. The van der Waals surface area contributed by atoms with Crippen LogP contribution in [0.5, 0.6) is 0 Å². The van der Waals surface area contributed by atoms with E-state index in [1.807, 2.05) is 18.5 Å². The van der Waals surface area contributed by atoms with Gasteiger partial charge in [0.25, 0.3) is 0 Å². The van der Waals surface area contributed by atoms with E-state index in [4.69, 9.17) is 0 Å². The molecule has 0 aliphatic heterocycles. The molecule has 1 aliphatic rings. The van der Waals surface area contributed by atoms with Crippen LogP contribution in [0.25, 0.3) is 0 Å². The van der Waals surface area contributed by atoms with Crippen LogP contribution in [-0.4, -0.2) is 16.1 Å². The first-order valence-electron chi connectivity index (χ1n) is 4.71. The molecule has 3 nitrogen and oxygen atoms in total. The highest BCUT2D eigenvalue weighted by atomic mass is 16.1. The SMILES string of the molecule is Cc1nn(CC2CC2)c(C)c1C=O. The van der Waals surface area contributed by atoms with Gasteiger partial charge in [0.2, 0.25) is 0 Å². The number of carbonyl (C=O) groups excluding carboxylic acids is 1. The summed E-state index contributed by atoms with van der Waals surface area (Å²) in [6.07, 6.45) is 3.53. The molecule has 0 amide bonds. The third kappa shape index (κ3) is 1.50. The fraction of sp³-hybridized carbons (Fsp3) is 0.600. The van der Waals surface area contributed by atoms with Gasteiger partial charge in [0.1, 0.15) is 0 Å². The second kappa shape index (κ2) is 2.98. The molecule has 0 saturated heterocycles. The normalized spacial score (nSPS) is 16.2. The van der Waals surface area contributed by atoms with Gasteiger partial charge in [-0.05, 0) is 32.6 Å². The van der Waals surface area contributed by atoms with Gasteiger partial charge in [0, 0.05) is 12.2 Å². The zero-order chi connectivity index (χ0) is 9.42. The van der Waals surface area contributed by atoms with Crippen molar-refractivity contribution in [3.63, 3.8) is 0 Å². The minimum atomic E-state index is 0.764. The Hall–Kier alpha value is -1.12. The number of carbonyl (C=O) groups is 1. The minimum Gasteiger partial charge on any atom is -0.298 e. The number of aryl methyl sites for hydroxylation is 1. The first-order valence-corrected chi connectivity index (χ1v) is 4.71. The molecule has 3 heteroatoms. The summed E-state index contributed by atoms with van der Waals surface area (Å²) in [4.78, 5) is 10.7. The molecule has 1 aromatic rings. The fourth-order valence-corrected chi connectivity index (χ4v) is 1.60. The highest BCUT2D eigenvalue weighted by Gasteiger charge is 2.23. The predicted molar refractivity (Wildman–Crippen MR) is 49.8 cm³/mol. The molecule has 0 unspecified atom stereocenters. The molecular formula is C10H14N2O. The summed E-state index contributed by atoms with van der Waals surface area (Å²) in [6.45, 7) is 4.84. The van der Waals surface area contributed by atoms with Crippen LogP contribution in [0.2, 0.25) is 0 Å². The van der Waals surface area contributed by atoms with Crippen molar-refractivity contribution >= 4 is 6.29 Å². The highest BCUT2D eigenvalue weighted by Crippen LogP contribution is 2.31. The van der Waals surface area contributed by atoms with Crippen molar-refractivity contribution in [1.82, 2.24) is 9.78 Å². The zero-order valence-corrected chi connectivity index (χ0v) is 8.08. The molecule has 13 heavy (non-hydrogen) atoms. The van der Waals surface area contributed by atoms with Crippen LogP contribution in [0.1, 0.15) is 34.6 Å². The van der Waals surface area contributed by atoms with Gasteiger partial charge in [-0.15, -0.1) is 0 Å². The van der Waals surface area contributed by atoms with E-state index in [0.717, 1.165) is 35.7 Å². The maximum absolute atomic E-state index is 10.7. The summed E-state index contributed by atoms with van der Waals surface area (Å²) in [5.74, 6) is 0.803. The number of hydrogen-bond donors (Lipinski definition) is 0. The van der Waals surface area contributed by atoms with Gasteiger partial charge in [-0.2, -0.15) is 5.10 Å². The molecule has 0 aromatic carbocycles. The van der Waals surface area contributed by atoms with E-state index in [0.29, 0.717) is 0 Å². The Balaban J connectivity index is 2.28. The van der Waals surface area contributed by atoms with Crippen molar-refractivity contribution in [2.24, 2.45) is 5.92 Å². The molecule has 1 fully saturated rings. The van der Waals surface area contributed by atoms with Gasteiger partial charge in [-0.25, -0.2) is 0 Å². The lowest BCUT2D eigenvalue weighted by Crippen LogP contribution is -2.04. The molecule has 0 atom stereocenters. The lowest BCUT2D eigenvalue weighted by atomic mass is 10.2. The summed E-state index contributed by atoms with van der Waals surface area (Å²) in [5, 5.41) is 4.35. The first-order chi connectivity index (χ1) is 6.22. The van der Waals surface area contributed by atoms with Gasteiger partial charge < -0.3 is 0 Å². The minimum absolute atomic E-state index is 0.764. The van der Waals surface area contributed by atoms with E-state index in [2.05, 4.69) is 5.10 Å². The molecule has 0 bridgehead atoms. The monoisotopic (exact) mass is 178 g/mol. The summed E-state index contributed by atoms with van der Waals surface area (Å²) in [7, 11) is 0. The third-order valence-corrected chi connectivity index (χ3v) is 2.68. The van der Waals surface area contributed by atoms with Crippen molar-refractivity contribution in [1.29, 1.82) is 0 Å². The smallest absolute Gasteiger partial charge is 0.153 e. The number of hydrogen-bond acceptors (Lipinski definition) is 2. The van der Waals surface area contributed by atoms with E-state index in [9.17, 15) is 4.79 Å². The maximum Gasteiger partial charge on any atom is 0.153 e. The molecule has 0 spiro atoms. The zero-order valence-electron chi connectivity index (χ0n) is 8.08. The van der Waals surface area contributed by atoms with Gasteiger partial charge in [-0.3, -0.25) is 9.48 Å². The standard InChI is InChI=1S/C10H14N2O/c1-7-10(6-13)8(2)12(11-7)5-9-3-4-9/h6,9H,3-5H2,1-2H3. The van der Waals surface area contributed by atoms with Crippen LogP contribution < -0.4 is 0 Å². The van der Waals surface area contributed by atoms with E-state index in [-0.39, 0.29) is 0 Å². The average molecular weight is 178 g/mol. The molecule has 1 aromatic heterocycles. The fourth-order valence-electron chi connectivity index (χ4n) is 1.60. The highest BCUT2D eigenvalue weighted by molar-refractivity contribution is 5.77. The van der Waals surface area contributed by atoms with E-state index in [1.54, 1.807) is 0 Å². The Morgan fingerprint density at radius 1 is 1.54 bits per heavy atom. The Morgan fingerprint density at radius 3 is 2.69 bits per heavy atom. The summed E-state index contributed by atoms with van der Waals surface area (Å²) < 4.78 is 1.97. The van der Waals surface area contributed by atoms with Crippen LogP contribution in [0.15, 0.2) is 0 Å².